The molecule has 0 aromatic carbocycles. The quantitative estimate of drug-likeness (QED) is 0.486. The molecule has 3 heteroatoms. The molecule has 0 amide bonds. The van der Waals surface area contributed by atoms with Crippen LogP contribution in [-0.4, -0.2) is 36.1 Å². The molecule has 0 aromatic heterocycles. The Bertz CT molecular complexity index is 226. The van der Waals surface area contributed by atoms with Crippen LogP contribution in [0.2, 0.25) is 0 Å². The second kappa shape index (κ2) is 2.31. The van der Waals surface area contributed by atoms with Crippen LogP contribution in [0.4, 0.5) is 0 Å². The Kier molecular flexibility index (Phi) is 1.59. The van der Waals surface area contributed by atoms with Gasteiger partial charge in [-0.25, -0.2) is 0 Å². The summed E-state index contributed by atoms with van der Waals surface area (Å²) in [6.07, 6.45) is 6.15. The Labute approximate surface area is 73.4 Å². The Hall–Kier alpha value is -0.380. The average Bonchev–Trinajstić information content (AvgIpc) is 1.79. The molecule has 0 saturated carbocycles. The Morgan fingerprint density at radius 3 is 2.75 bits per heavy atom. The SMILES string of the molecule is CN1CC2(N)C=CCC(N)(C1)C2. The first-order valence-electron chi connectivity index (χ1n) is 4.46. The predicted octanol–water partition coefficient (Wildman–Crippen LogP) is -0.323. The van der Waals surface area contributed by atoms with Gasteiger partial charge in [-0.3, -0.25) is 0 Å². The molecule has 3 nitrogen and oxygen atoms in total. The van der Waals surface area contributed by atoms with Crippen molar-refractivity contribution in [3.05, 3.63) is 12.2 Å². The van der Waals surface area contributed by atoms with Crippen LogP contribution in [-0.2, 0) is 0 Å². The van der Waals surface area contributed by atoms with E-state index in [4.69, 9.17) is 11.5 Å². The maximum atomic E-state index is 6.20. The number of rotatable bonds is 0. The summed E-state index contributed by atoms with van der Waals surface area (Å²) in [5, 5.41) is 0. The van der Waals surface area contributed by atoms with E-state index in [-0.39, 0.29) is 11.1 Å². The van der Waals surface area contributed by atoms with Crippen LogP contribution in [0.5, 0.6) is 0 Å². The maximum Gasteiger partial charge on any atom is 0.0486 e. The van der Waals surface area contributed by atoms with Gasteiger partial charge in [0, 0.05) is 24.2 Å². The third-order valence-electron chi connectivity index (χ3n) is 2.80. The molecule has 1 heterocycles. The zero-order valence-electron chi connectivity index (χ0n) is 7.59. The lowest BCUT2D eigenvalue weighted by atomic mass is 9.73. The molecule has 2 unspecified atom stereocenters. The highest BCUT2D eigenvalue weighted by Gasteiger charge is 2.42. The van der Waals surface area contributed by atoms with E-state index in [2.05, 4.69) is 24.1 Å². The number of likely N-dealkylation sites (N-methyl/N-ethyl adjacent to an activating group) is 1. The largest absolute Gasteiger partial charge is 0.324 e. The van der Waals surface area contributed by atoms with Crippen molar-refractivity contribution < 1.29 is 0 Å². The van der Waals surface area contributed by atoms with Crippen molar-refractivity contribution in [2.45, 2.75) is 23.9 Å². The predicted molar refractivity (Wildman–Crippen MR) is 49.7 cm³/mol. The Morgan fingerprint density at radius 1 is 1.33 bits per heavy atom. The number of likely N-dealkylation sites (tertiary alicyclic amines) is 1. The standard InChI is InChI=1S/C9H17N3/c1-12-6-8(10)3-2-4-9(11,5-8)7-12/h2-3H,4-7,10-11H2,1H3. The first kappa shape index (κ1) is 8.23. The second-order valence-electron chi connectivity index (χ2n) is 4.55. The first-order valence-corrected chi connectivity index (χ1v) is 4.46. The molecular weight excluding hydrogens is 150 g/mol. The van der Waals surface area contributed by atoms with Crippen molar-refractivity contribution in [3.63, 3.8) is 0 Å². The molecule has 0 spiro atoms. The molecule has 0 aromatic rings. The molecule has 4 N–H and O–H groups in total. The van der Waals surface area contributed by atoms with Gasteiger partial charge >= 0.3 is 0 Å². The topological polar surface area (TPSA) is 55.3 Å². The van der Waals surface area contributed by atoms with Gasteiger partial charge in [0.05, 0.1) is 0 Å². The molecule has 68 valence electrons. The molecule has 12 heavy (non-hydrogen) atoms. The van der Waals surface area contributed by atoms with E-state index in [1.807, 2.05) is 0 Å². The van der Waals surface area contributed by atoms with Gasteiger partial charge in [0.1, 0.15) is 0 Å². The monoisotopic (exact) mass is 167 g/mol. The highest BCUT2D eigenvalue weighted by atomic mass is 15.2. The van der Waals surface area contributed by atoms with Crippen LogP contribution in [0, 0.1) is 0 Å². The van der Waals surface area contributed by atoms with Crippen molar-refractivity contribution in [2.24, 2.45) is 11.5 Å². The van der Waals surface area contributed by atoms with Gasteiger partial charge in [-0.15, -0.1) is 0 Å². The smallest absolute Gasteiger partial charge is 0.0486 e. The minimum atomic E-state index is -0.167. The van der Waals surface area contributed by atoms with Crippen LogP contribution in [0.3, 0.4) is 0 Å². The number of nitrogens with two attached hydrogens (primary N) is 2. The van der Waals surface area contributed by atoms with Crippen molar-refractivity contribution in [1.82, 2.24) is 4.90 Å². The second-order valence-corrected chi connectivity index (χ2v) is 4.55. The lowest BCUT2D eigenvalue weighted by Crippen LogP contribution is -2.66. The molecule has 2 bridgehead atoms. The molecule has 2 atom stereocenters. The Morgan fingerprint density at radius 2 is 2.08 bits per heavy atom. The molecule has 1 fully saturated rings. The summed E-state index contributed by atoms with van der Waals surface area (Å²) in [5.41, 5.74) is 12.1. The number of nitrogens with zero attached hydrogens (tertiary/aromatic N) is 1. The highest BCUT2D eigenvalue weighted by Crippen LogP contribution is 2.32. The van der Waals surface area contributed by atoms with Crippen LogP contribution in [0.1, 0.15) is 12.8 Å². The lowest BCUT2D eigenvalue weighted by molar-refractivity contribution is 0.120. The van der Waals surface area contributed by atoms with E-state index in [1.54, 1.807) is 0 Å². The van der Waals surface area contributed by atoms with E-state index in [1.165, 1.54) is 0 Å². The maximum absolute atomic E-state index is 6.20. The van der Waals surface area contributed by atoms with E-state index in [9.17, 15) is 0 Å². The molecule has 1 saturated heterocycles. The fourth-order valence-corrected chi connectivity index (χ4v) is 2.64. The molecule has 2 rings (SSSR count). The number of hydrogen-bond donors (Lipinski definition) is 2. The van der Waals surface area contributed by atoms with E-state index < -0.39 is 0 Å². The summed E-state index contributed by atoms with van der Waals surface area (Å²) in [4.78, 5) is 2.23. The van der Waals surface area contributed by atoms with E-state index in [0.717, 1.165) is 25.9 Å². The molecule has 2 aliphatic rings. The molecule has 1 aliphatic carbocycles. The summed E-state index contributed by atoms with van der Waals surface area (Å²) >= 11 is 0. The zero-order valence-corrected chi connectivity index (χ0v) is 7.59. The van der Waals surface area contributed by atoms with Crippen molar-refractivity contribution in [3.8, 4) is 0 Å². The van der Waals surface area contributed by atoms with E-state index in [0.29, 0.717) is 0 Å². The van der Waals surface area contributed by atoms with Gasteiger partial charge in [0.2, 0.25) is 0 Å². The third kappa shape index (κ3) is 1.28. The van der Waals surface area contributed by atoms with Gasteiger partial charge < -0.3 is 16.4 Å². The van der Waals surface area contributed by atoms with Crippen molar-refractivity contribution in [2.75, 3.05) is 20.1 Å². The zero-order chi connectivity index (χ0) is 8.82. The van der Waals surface area contributed by atoms with Crippen molar-refractivity contribution in [1.29, 1.82) is 0 Å². The average molecular weight is 167 g/mol. The molecule has 1 aliphatic heterocycles. The lowest BCUT2D eigenvalue weighted by Gasteiger charge is -2.49. The first-order chi connectivity index (χ1) is 5.52. The van der Waals surface area contributed by atoms with Crippen LogP contribution >= 0.6 is 0 Å². The summed E-state index contributed by atoms with van der Waals surface area (Å²) < 4.78 is 0. The minimum absolute atomic E-state index is 0.0729. The summed E-state index contributed by atoms with van der Waals surface area (Å²) in [5.74, 6) is 0. The Balaban J connectivity index is 2.29. The van der Waals surface area contributed by atoms with Gasteiger partial charge in [-0.1, -0.05) is 12.2 Å². The third-order valence-corrected chi connectivity index (χ3v) is 2.80. The van der Waals surface area contributed by atoms with Gasteiger partial charge in [0.15, 0.2) is 0 Å². The summed E-state index contributed by atoms with van der Waals surface area (Å²) in [6, 6.07) is 0. The number of piperidine rings is 1. The van der Waals surface area contributed by atoms with E-state index >= 15 is 0 Å². The summed E-state index contributed by atoms with van der Waals surface area (Å²) in [6.45, 7) is 1.90. The number of fused-ring (bicyclic) bond motifs is 2. The van der Waals surface area contributed by atoms with Crippen LogP contribution in [0.25, 0.3) is 0 Å². The fourth-order valence-electron chi connectivity index (χ4n) is 2.64. The highest BCUT2D eigenvalue weighted by molar-refractivity contribution is 5.20. The fraction of sp³-hybridized carbons (Fsp3) is 0.778. The van der Waals surface area contributed by atoms with Gasteiger partial charge in [0.25, 0.3) is 0 Å². The van der Waals surface area contributed by atoms with Crippen LogP contribution in [0.15, 0.2) is 12.2 Å². The van der Waals surface area contributed by atoms with Crippen molar-refractivity contribution >= 4 is 0 Å². The van der Waals surface area contributed by atoms with Gasteiger partial charge in [-0.2, -0.15) is 0 Å². The molecule has 0 radical (unpaired) electrons. The molecular formula is C9H17N3. The minimum Gasteiger partial charge on any atom is -0.324 e. The number of hydrogen-bond acceptors (Lipinski definition) is 3. The van der Waals surface area contributed by atoms with Gasteiger partial charge in [-0.05, 0) is 19.9 Å². The van der Waals surface area contributed by atoms with Crippen LogP contribution < -0.4 is 11.5 Å². The normalized spacial score (nSPS) is 47.9. The summed E-state index contributed by atoms with van der Waals surface area (Å²) in [7, 11) is 2.08.